The van der Waals surface area contributed by atoms with Crippen LogP contribution < -0.4 is 5.32 Å². The molecule has 0 aliphatic heterocycles. The Bertz CT molecular complexity index is 705. The highest BCUT2D eigenvalue weighted by Gasteiger charge is 2.13. The molecule has 3 aromatic rings. The molecule has 1 amide bonds. The number of carbonyl (C=O) groups excluding carboxylic acids is 1. The molecule has 3 rings (SSSR count). The number of nitrogens with one attached hydrogen (secondary N) is 1. The lowest BCUT2D eigenvalue weighted by Gasteiger charge is -2.03. The van der Waals surface area contributed by atoms with Crippen molar-refractivity contribution in [1.29, 1.82) is 0 Å². The summed E-state index contributed by atoms with van der Waals surface area (Å²) in [6, 6.07) is 1.91. The van der Waals surface area contributed by atoms with Gasteiger partial charge in [0.1, 0.15) is 10.7 Å². The fourth-order valence-corrected chi connectivity index (χ4v) is 3.08. The molecule has 0 atom stereocenters. The zero-order valence-electron chi connectivity index (χ0n) is 9.38. The summed E-state index contributed by atoms with van der Waals surface area (Å²) in [7, 11) is 0. The van der Waals surface area contributed by atoms with Gasteiger partial charge in [-0.3, -0.25) is 10.1 Å². The molecule has 1 N–H and O–H groups in total. The summed E-state index contributed by atoms with van der Waals surface area (Å²) in [6.45, 7) is 1.43. The maximum atomic E-state index is 11.1. The molecule has 0 aliphatic carbocycles. The van der Waals surface area contributed by atoms with Crippen molar-refractivity contribution < 1.29 is 4.79 Å². The fraction of sp³-hybridized carbons (Fsp3) is 0.0909. The molecule has 5 nitrogen and oxygen atoms in total. The SMILES string of the molecule is CC(=O)Nc1nc(-c2nccs2)c2sccc2n1. The molecule has 7 heteroatoms. The molecule has 0 saturated heterocycles. The lowest BCUT2D eigenvalue weighted by molar-refractivity contribution is -0.114. The van der Waals surface area contributed by atoms with Crippen LogP contribution in [0, 0.1) is 0 Å². The van der Waals surface area contributed by atoms with Crippen LogP contribution >= 0.6 is 22.7 Å². The number of nitrogens with zero attached hydrogens (tertiary/aromatic N) is 3. The van der Waals surface area contributed by atoms with E-state index in [4.69, 9.17) is 0 Å². The van der Waals surface area contributed by atoms with Crippen molar-refractivity contribution >= 4 is 44.7 Å². The van der Waals surface area contributed by atoms with Crippen LogP contribution in [-0.2, 0) is 4.79 Å². The van der Waals surface area contributed by atoms with E-state index >= 15 is 0 Å². The van der Waals surface area contributed by atoms with Crippen molar-refractivity contribution in [3.63, 3.8) is 0 Å². The first-order valence-electron chi connectivity index (χ1n) is 5.17. The van der Waals surface area contributed by atoms with Crippen molar-refractivity contribution in [2.24, 2.45) is 0 Å². The third kappa shape index (κ3) is 1.98. The first-order chi connectivity index (χ1) is 8.74. The number of anilines is 1. The third-order valence-corrected chi connectivity index (χ3v) is 3.92. The zero-order chi connectivity index (χ0) is 12.5. The Morgan fingerprint density at radius 3 is 2.89 bits per heavy atom. The summed E-state index contributed by atoms with van der Waals surface area (Å²) in [5.41, 5.74) is 1.60. The first kappa shape index (κ1) is 11.2. The summed E-state index contributed by atoms with van der Waals surface area (Å²) < 4.78 is 0.985. The number of aromatic nitrogens is 3. The molecule has 0 aliphatic rings. The number of carbonyl (C=O) groups is 1. The maximum Gasteiger partial charge on any atom is 0.230 e. The molecule has 18 heavy (non-hydrogen) atoms. The average molecular weight is 276 g/mol. The van der Waals surface area contributed by atoms with Crippen LogP contribution in [0.2, 0.25) is 0 Å². The quantitative estimate of drug-likeness (QED) is 0.781. The van der Waals surface area contributed by atoms with E-state index in [1.54, 1.807) is 17.5 Å². The van der Waals surface area contributed by atoms with Crippen molar-refractivity contribution in [3.8, 4) is 10.7 Å². The molecule has 0 bridgehead atoms. The van der Waals surface area contributed by atoms with Crippen LogP contribution in [-0.4, -0.2) is 20.9 Å². The zero-order valence-corrected chi connectivity index (χ0v) is 11.0. The number of rotatable bonds is 2. The Balaban J connectivity index is 2.21. The van der Waals surface area contributed by atoms with Crippen LogP contribution in [0.1, 0.15) is 6.92 Å². The van der Waals surface area contributed by atoms with Crippen LogP contribution in [0.5, 0.6) is 0 Å². The summed E-state index contributed by atoms with van der Waals surface area (Å²) in [5.74, 6) is 0.133. The van der Waals surface area contributed by atoms with Gasteiger partial charge in [0.2, 0.25) is 11.9 Å². The molecule has 0 fully saturated rings. The average Bonchev–Trinajstić information content (AvgIpc) is 2.97. The van der Waals surface area contributed by atoms with E-state index in [2.05, 4.69) is 20.3 Å². The van der Waals surface area contributed by atoms with Gasteiger partial charge < -0.3 is 0 Å². The van der Waals surface area contributed by atoms with E-state index in [0.29, 0.717) is 5.95 Å². The van der Waals surface area contributed by atoms with E-state index in [1.807, 2.05) is 16.8 Å². The molecule has 0 spiro atoms. The summed E-state index contributed by atoms with van der Waals surface area (Å²) in [6.07, 6.45) is 1.74. The Hall–Kier alpha value is -1.86. The van der Waals surface area contributed by atoms with Gasteiger partial charge >= 0.3 is 0 Å². The van der Waals surface area contributed by atoms with Crippen molar-refractivity contribution in [2.75, 3.05) is 5.32 Å². The van der Waals surface area contributed by atoms with Gasteiger partial charge in [-0.05, 0) is 11.4 Å². The van der Waals surface area contributed by atoms with E-state index in [0.717, 1.165) is 20.9 Å². The second-order valence-electron chi connectivity index (χ2n) is 3.55. The van der Waals surface area contributed by atoms with Crippen molar-refractivity contribution in [3.05, 3.63) is 23.0 Å². The van der Waals surface area contributed by atoms with E-state index in [1.165, 1.54) is 18.3 Å². The minimum absolute atomic E-state index is 0.185. The van der Waals surface area contributed by atoms with Gasteiger partial charge in [0, 0.05) is 18.5 Å². The smallest absolute Gasteiger partial charge is 0.230 e. The lowest BCUT2D eigenvalue weighted by Crippen LogP contribution is -2.09. The monoisotopic (exact) mass is 276 g/mol. The van der Waals surface area contributed by atoms with Gasteiger partial charge in [-0.25, -0.2) is 15.0 Å². The first-order valence-corrected chi connectivity index (χ1v) is 6.92. The van der Waals surface area contributed by atoms with Crippen LogP contribution in [0.3, 0.4) is 0 Å². The molecule has 3 aromatic heterocycles. The van der Waals surface area contributed by atoms with Gasteiger partial charge in [-0.2, -0.15) is 0 Å². The second kappa shape index (κ2) is 4.43. The minimum Gasteiger partial charge on any atom is -0.295 e. The standard InChI is InChI=1S/C11H8N4OS2/c1-6(16)13-11-14-7-2-4-17-9(7)8(15-11)10-12-3-5-18-10/h2-5H,1H3,(H,13,14,15,16). The summed E-state index contributed by atoms with van der Waals surface area (Å²) in [4.78, 5) is 24.0. The van der Waals surface area contributed by atoms with Gasteiger partial charge in [-0.15, -0.1) is 22.7 Å². The van der Waals surface area contributed by atoms with Gasteiger partial charge in [-0.1, -0.05) is 0 Å². The highest BCUT2D eigenvalue weighted by Crippen LogP contribution is 2.32. The Labute approximate surface area is 111 Å². The van der Waals surface area contributed by atoms with Gasteiger partial charge in [0.15, 0.2) is 0 Å². The van der Waals surface area contributed by atoms with E-state index in [9.17, 15) is 4.79 Å². The highest BCUT2D eigenvalue weighted by molar-refractivity contribution is 7.18. The molecule has 0 saturated carbocycles. The molecule has 0 radical (unpaired) electrons. The van der Waals surface area contributed by atoms with Crippen molar-refractivity contribution in [1.82, 2.24) is 15.0 Å². The maximum absolute atomic E-state index is 11.1. The van der Waals surface area contributed by atoms with E-state index in [-0.39, 0.29) is 5.91 Å². The molecule has 0 aromatic carbocycles. The third-order valence-electron chi connectivity index (χ3n) is 2.23. The van der Waals surface area contributed by atoms with Crippen molar-refractivity contribution in [2.45, 2.75) is 6.92 Å². The van der Waals surface area contributed by atoms with E-state index < -0.39 is 0 Å². The highest BCUT2D eigenvalue weighted by atomic mass is 32.1. The lowest BCUT2D eigenvalue weighted by atomic mass is 10.3. The number of thiazole rings is 1. The van der Waals surface area contributed by atoms with Crippen LogP contribution in [0.25, 0.3) is 20.9 Å². The number of hydrogen-bond acceptors (Lipinski definition) is 6. The molecule has 90 valence electrons. The number of thiophene rings is 1. The largest absolute Gasteiger partial charge is 0.295 e. The predicted octanol–water partition coefficient (Wildman–Crippen LogP) is 2.77. The summed E-state index contributed by atoms with van der Waals surface area (Å²) in [5, 5.41) is 7.29. The molecular formula is C11H8N4OS2. The Morgan fingerprint density at radius 2 is 2.17 bits per heavy atom. The topological polar surface area (TPSA) is 67.8 Å². The fourth-order valence-electron chi connectivity index (χ4n) is 1.56. The van der Waals surface area contributed by atoms with Gasteiger partial charge in [0.05, 0.1) is 10.2 Å². The van der Waals surface area contributed by atoms with Crippen LogP contribution in [0.15, 0.2) is 23.0 Å². The molecular weight excluding hydrogens is 268 g/mol. The van der Waals surface area contributed by atoms with Gasteiger partial charge in [0.25, 0.3) is 0 Å². The molecule has 0 unspecified atom stereocenters. The number of amides is 1. The van der Waals surface area contributed by atoms with Crippen LogP contribution in [0.4, 0.5) is 5.95 Å². The Morgan fingerprint density at radius 1 is 1.28 bits per heavy atom. The normalized spacial score (nSPS) is 10.7. The minimum atomic E-state index is -0.185. The predicted molar refractivity (Wildman–Crippen MR) is 72.8 cm³/mol. The summed E-state index contributed by atoms with van der Waals surface area (Å²) >= 11 is 3.08. The molecule has 3 heterocycles. The Kier molecular flexibility index (Phi) is 2.77. The number of hydrogen-bond donors (Lipinski definition) is 1. The number of fused-ring (bicyclic) bond motifs is 1. The second-order valence-corrected chi connectivity index (χ2v) is 5.36.